The topological polar surface area (TPSA) is 43.6 Å². The lowest BCUT2D eigenvalue weighted by Gasteiger charge is -2.20. The molecule has 4 nitrogen and oxygen atoms in total. The Morgan fingerprint density at radius 2 is 1.88 bits per heavy atom. The smallest absolute Gasteiger partial charge is 0.0920 e. The number of hydrogen-bond donors (Lipinski definition) is 0. The van der Waals surface area contributed by atoms with Crippen LogP contribution in [-0.4, -0.2) is 19.7 Å². The number of nitrogens with zero attached hydrogens (tertiary/aromatic N) is 4. The van der Waals surface area contributed by atoms with Crippen LogP contribution in [-0.2, 0) is 12.5 Å². The van der Waals surface area contributed by atoms with Gasteiger partial charge in [0, 0.05) is 24.2 Å². The average Bonchev–Trinajstić information content (AvgIpc) is 2.64. The van der Waals surface area contributed by atoms with Crippen molar-refractivity contribution < 1.29 is 0 Å². The molecular formula is C13H18N4. The van der Waals surface area contributed by atoms with Gasteiger partial charge in [0.25, 0.3) is 0 Å². The van der Waals surface area contributed by atoms with Crippen molar-refractivity contribution in [2.45, 2.75) is 33.1 Å². The molecule has 0 radical (unpaired) electrons. The van der Waals surface area contributed by atoms with Gasteiger partial charge in [-0.25, -0.2) is 4.98 Å². The van der Waals surface area contributed by atoms with Crippen LogP contribution in [0.25, 0.3) is 11.3 Å². The molecule has 0 aliphatic heterocycles. The molecule has 2 heterocycles. The van der Waals surface area contributed by atoms with E-state index in [2.05, 4.69) is 30.9 Å². The average molecular weight is 230 g/mol. The highest BCUT2D eigenvalue weighted by Gasteiger charge is 2.20. The molecular weight excluding hydrogens is 212 g/mol. The monoisotopic (exact) mass is 230 g/mol. The Balaban J connectivity index is 2.51. The van der Waals surface area contributed by atoms with Crippen molar-refractivity contribution in [3.63, 3.8) is 0 Å². The first-order valence-electron chi connectivity index (χ1n) is 5.71. The fourth-order valence-corrected chi connectivity index (χ4v) is 1.85. The Kier molecular flexibility index (Phi) is 2.73. The number of aromatic nitrogens is 4. The van der Waals surface area contributed by atoms with Gasteiger partial charge in [0.1, 0.15) is 0 Å². The van der Waals surface area contributed by atoms with E-state index < -0.39 is 0 Å². The van der Waals surface area contributed by atoms with Crippen LogP contribution in [0.4, 0.5) is 0 Å². The van der Waals surface area contributed by atoms with E-state index in [9.17, 15) is 0 Å². The first kappa shape index (κ1) is 11.8. The Morgan fingerprint density at radius 3 is 2.41 bits per heavy atom. The van der Waals surface area contributed by atoms with Crippen molar-refractivity contribution >= 4 is 0 Å². The zero-order valence-electron chi connectivity index (χ0n) is 11.0. The minimum Gasteiger partial charge on any atom is -0.275 e. The van der Waals surface area contributed by atoms with Crippen LogP contribution in [0.3, 0.4) is 0 Å². The number of hydrogen-bond acceptors (Lipinski definition) is 3. The summed E-state index contributed by atoms with van der Waals surface area (Å²) in [5.74, 6) is 0. The molecule has 0 atom stereocenters. The maximum absolute atomic E-state index is 4.71. The van der Waals surface area contributed by atoms with Gasteiger partial charge in [-0.3, -0.25) is 9.67 Å². The van der Waals surface area contributed by atoms with Crippen LogP contribution < -0.4 is 0 Å². The fraction of sp³-hybridized carbons (Fsp3) is 0.462. The summed E-state index contributed by atoms with van der Waals surface area (Å²) in [6, 6.07) is 0. The molecule has 0 aliphatic rings. The third-order valence-electron chi connectivity index (χ3n) is 2.67. The second kappa shape index (κ2) is 3.95. The van der Waals surface area contributed by atoms with Gasteiger partial charge in [-0.1, -0.05) is 20.8 Å². The molecule has 0 saturated carbocycles. The van der Waals surface area contributed by atoms with Crippen molar-refractivity contribution in [2.24, 2.45) is 7.05 Å². The molecule has 0 amide bonds. The fourth-order valence-electron chi connectivity index (χ4n) is 1.85. The molecule has 0 aliphatic carbocycles. The van der Waals surface area contributed by atoms with Crippen LogP contribution in [0.15, 0.2) is 18.6 Å². The van der Waals surface area contributed by atoms with E-state index in [1.807, 2.05) is 32.6 Å². The standard InChI is InChI=1S/C13H18N4/c1-9-12(13(2,3)4)16-11(7-14-9)10-6-15-17(5)8-10/h6-8H,1-5H3. The van der Waals surface area contributed by atoms with Gasteiger partial charge in [0.05, 0.1) is 29.5 Å². The second-order valence-corrected chi connectivity index (χ2v) is 5.34. The Labute approximate surface area is 102 Å². The third-order valence-corrected chi connectivity index (χ3v) is 2.67. The molecule has 2 aromatic heterocycles. The van der Waals surface area contributed by atoms with E-state index in [0.29, 0.717) is 0 Å². The molecule has 17 heavy (non-hydrogen) atoms. The third kappa shape index (κ3) is 2.35. The summed E-state index contributed by atoms with van der Waals surface area (Å²) in [5, 5.41) is 4.16. The summed E-state index contributed by atoms with van der Waals surface area (Å²) in [6.07, 6.45) is 5.57. The van der Waals surface area contributed by atoms with E-state index in [1.54, 1.807) is 4.68 Å². The lowest BCUT2D eigenvalue weighted by Crippen LogP contribution is -2.16. The minimum atomic E-state index is 0.00923. The van der Waals surface area contributed by atoms with Crippen molar-refractivity contribution in [3.8, 4) is 11.3 Å². The highest BCUT2D eigenvalue weighted by atomic mass is 15.2. The molecule has 90 valence electrons. The van der Waals surface area contributed by atoms with Crippen LogP contribution in [0.1, 0.15) is 32.2 Å². The summed E-state index contributed by atoms with van der Waals surface area (Å²) < 4.78 is 1.77. The zero-order valence-corrected chi connectivity index (χ0v) is 11.0. The minimum absolute atomic E-state index is 0.00923. The maximum Gasteiger partial charge on any atom is 0.0920 e. The van der Waals surface area contributed by atoms with Gasteiger partial charge >= 0.3 is 0 Å². The van der Waals surface area contributed by atoms with Crippen LogP contribution >= 0.6 is 0 Å². The first-order valence-corrected chi connectivity index (χ1v) is 5.71. The SMILES string of the molecule is Cc1ncc(-c2cnn(C)c2)nc1C(C)(C)C. The van der Waals surface area contributed by atoms with E-state index in [4.69, 9.17) is 4.98 Å². The molecule has 2 rings (SSSR count). The van der Waals surface area contributed by atoms with Gasteiger partial charge in [-0.05, 0) is 6.92 Å². The van der Waals surface area contributed by atoms with Crippen molar-refractivity contribution in [2.75, 3.05) is 0 Å². The Morgan fingerprint density at radius 1 is 1.18 bits per heavy atom. The van der Waals surface area contributed by atoms with E-state index >= 15 is 0 Å². The summed E-state index contributed by atoms with van der Waals surface area (Å²) in [6.45, 7) is 8.45. The van der Waals surface area contributed by atoms with E-state index in [-0.39, 0.29) is 5.41 Å². The van der Waals surface area contributed by atoms with Gasteiger partial charge < -0.3 is 0 Å². The summed E-state index contributed by atoms with van der Waals surface area (Å²) in [5.41, 5.74) is 3.93. The summed E-state index contributed by atoms with van der Waals surface area (Å²) in [4.78, 5) is 9.14. The van der Waals surface area contributed by atoms with Crippen LogP contribution in [0.2, 0.25) is 0 Å². The normalized spacial score (nSPS) is 11.8. The molecule has 0 aromatic carbocycles. The van der Waals surface area contributed by atoms with Gasteiger partial charge in [0.15, 0.2) is 0 Å². The second-order valence-electron chi connectivity index (χ2n) is 5.34. The maximum atomic E-state index is 4.71. The quantitative estimate of drug-likeness (QED) is 0.756. The molecule has 0 spiro atoms. The van der Waals surface area contributed by atoms with Crippen molar-refractivity contribution in [3.05, 3.63) is 30.0 Å². The van der Waals surface area contributed by atoms with E-state index in [0.717, 1.165) is 22.6 Å². The molecule has 0 fully saturated rings. The van der Waals surface area contributed by atoms with Gasteiger partial charge in [-0.2, -0.15) is 5.10 Å². The highest BCUT2D eigenvalue weighted by molar-refractivity contribution is 5.56. The number of aryl methyl sites for hydroxylation is 2. The Hall–Kier alpha value is -1.71. The zero-order chi connectivity index (χ0) is 12.6. The molecule has 0 saturated heterocycles. The first-order chi connectivity index (χ1) is 7.88. The molecule has 0 unspecified atom stereocenters. The van der Waals surface area contributed by atoms with Crippen molar-refractivity contribution in [1.82, 2.24) is 19.7 Å². The molecule has 0 bridgehead atoms. The largest absolute Gasteiger partial charge is 0.275 e. The highest BCUT2D eigenvalue weighted by Crippen LogP contribution is 2.25. The lowest BCUT2D eigenvalue weighted by atomic mass is 9.90. The predicted octanol–water partition coefficient (Wildman–Crippen LogP) is 2.48. The van der Waals surface area contributed by atoms with E-state index in [1.165, 1.54) is 0 Å². The summed E-state index contributed by atoms with van der Waals surface area (Å²) >= 11 is 0. The molecule has 4 heteroatoms. The number of rotatable bonds is 1. The Bertz CT molecular complexity index is 535. The van der Waals surface area contributed by atoms with Crippen LogP contribution in [0.5, 0.6) is 0 Å². The predicted molar refractivity (Wildman–Crippen MR) is 67.7 cm³/mol. The molecule has 0 N–H and O–H groups in total. The molecule has 2 aromatic rings. The van der Waals surface area contributed by atoms with Crippen molar-refractivity contribution in [1.29, 1.82) is 0 Å². The van der Waals surface area contributed by atoms with Gasteiger partial charge in [0.2, 0.25) is 0 Å². The lowest BCUT2D eigenvalue weighted by molar-refractivity contribution is 0.560. The van der Waals surface area contributed by atoms with Gasteiger partial charge in [-0.15, -0.1) is 0 Å². The van der Waals surface area contributed by atoms with Crippen LogP contribution in [0, 0.1) is 6.92 Å². The summed E-state index contributed by atoms with van der Waals surface area (Å²) in [7, 11) is 1.90.